The Balaban J connectivity index is 1.93. The second kappa shape index (κ2) is 8.63. The minimum Gasteiger partial charge on any atom is -0.467 e. The van der Waals surface area contributed by atoms with E-state index in [0.717, 1.165) is 28.1 Å². The van der Waals surface area contributed by atoms with Crippen molar-refractivity contribution >= 4 is 17.7 Å². The first-order chi connectivity index (χ1) is 13.4. The number of rotatable bonds is 5. The maximum Gasteiger partial charge on any atom is 0.338 e. The van der Waals surface area contributed by atoms with Gasteiger partial charge in [-0.25, -0.2) is 9.78 Å². The first-order valence-electron chi connectivity index (χ1n) is 8.97. The van der Waals surface area contributed by atoms with Gasteiger partial charge in [0.05, 0.1) is 23.8 Å². The predicted molar refractivity (Wildman–Crippen MR) is 105 cm³/mol. The first kappa shape index (κ1) is 20.2. The SMILES string of the molecule is Cc1cc(C)c(C#N)c(SCc2cc(C(=O)OC(C)C)cc3c2OCOC3)n1. The third kappa shape index (κ3) is 4.46. The Morgan fingerprint density at radius 1 is 1.36 bits per heavy atom. The lowest BCUT2D eigenvalue weighted by molar-refractivity contribution is -0.0169. The lowest BCUT2D eigenvalue weighted by atomic mass is 10.0. The third-order valence-corrected chi connectivity index (χ3v) is 5.18. The molecular formula is C21H22N2O4S. The molecule has 2 heterocycles. The Hall–Kier alpha value is -2.56. The molecule has 6 nitrogen and oxygen atoms in total. The van der Waals surface area contributed by atoms with Crippen molar-refractivity contribution in [2.24, 2.45) is 0 Å². The zero-order chi connectivity index (χ0) is 20.3. The topological polar surface area (TPSA) is 81.4 Å². The second-order valence-electron chi connectivity index (χ2n) is 6.85. The molecule has 0 saturated carbocycles. The Morgan fingerprint density at radius 3 is 2.86 bits per heavy atom. The largest absolute Gasteiger partial charge is 0.467 e. The Labute approximate surface area is 168 Å². The molecule has 0 saturated heterocycles. The molecule has 28 heavy (non-hydrogen) atoms. The van der Waals surface area contributed by atoms with Crippen molar-refractivity contribution in [2.75, 3.05) is 6.79 Å². The zero-order valence-electron chi connectivity index (χ0n) is 16.4. The van der Waals surface area contributed by atoms with Gasteiger partial charge in [-0.1, -0.05) is 0 Å². The van der Waals surface area contributed by atoms with Gasteiger partial charge in [-0.05, 0) is 51.5 Å². The van der Waals surface area contributed by atoms with Crippen LogP contribution in [0, 0.1) is 25.2 Å². The van der Waals surface area contributed by atoms with Gasteiger partial charge < -0.3 is 14.2 Å². The molecule has 0 atom stereocenters. The molecular weight excluding hydrogens is 376 g/mol. The summed E-state index contributed by atoms with van der Waals surface area (Å²) in [5.74, 6) is 0.856. The summed E-state index contributed by atoms with van der Waals surface area (Å²) >= 11 is 1.45. The van der Waals surface area contributed by atoms with Crippen molar-refractivity contribution < 1.29 is 19.0 Å². The number of esters is 1. The van der Waals surface area contributed by atoms with Crippen molar-refractivity contribution in [1.82, 2.24) is 4.98 Å². The van der Waals surface area contributed by atoms with Crippen molar-refractivity contribution in [3.63, 3.8) is 0 Å². The van der Waals surface area contributed by atoms with E-state index < -0.39 is 0 Å². The summed E-state index contributed by atoms with van der Waals surface area (Å²) in [6.07, 6.45) is -0.202. The van der Waals surface area contributed by atoms with Gasteiger partial charge in [0.1, 0.15) is 16.8 Å². The first-order valence-corrected chi connectivity index (χ1v) is 9.96. The quantitative estimate of drug-likeness (QED) is 0.549. The highest BCUT2D eigenvalue weighted by Crippen LogP contribution is 2.35. The van der Waals surface area contributed by atoms with Crippen LogP contribution in [-0.4, -0.2) is 23.9 Å². The third-order valence-electron chi connectivity index (χ3n) is 4.15. The van der Waals surface area contributed by atoms with Crippen LogP contribution in [-0.2, 0) is 21.8 Å². The van der Waals surface area contributed by atoms with Gasteiger partial charge in [0, 0.05) is 22.6 Å². The monoisotopic (exact) mass is 398 g/mol. The van der Waals surface area contributed by atoms with E-state index >= 15 is 0 Å². The molecule has 1 aromatic carbocycles. The lowest BCUT2D eigenvalue weighted by Crippen LogP contribution is -2.16. The highest BCUT2D eigenvalue weighted by molar-refractivity contribution is 7.98. The van der Waals surface area contributed by atoms with Crippen molar-refractivity contribution in [2.45, 2.75) is 51.2 Å². The number of pyridine rings is 1. The number of benzene rings is 1. The van der Waals surface area contributed by atoms with Crippen LogP contribution in [0.3, 0.4) is 0 Å². The van der Waals surface area contributed by atoms with Crippen LogP contribution in [0.15, 0.2) is 23.2 Å². The summed E-state index contributed by atoms with van der Waals surface area (Å²) in [7, 11) is 0. The number of thioether (sulfide) groups is 1. The van der Waals surface area contributed by atoms with Gasteiger partial charge >= 0.3 is 5.97 Å². The van der Waals surface area contributed by atoms with E-state index in [2.05, 4.69) is 11.1 Å². The van der Waals surface area contributed by atoms with Crippen LogP contribution in [0.25, 0.3) is 0 Å². The van der Waals surface area contributed by atoms with Crippen molar-refractivity contribution in [3.8, 4) is 11.8 Å². The fourth-order valence-corrected chi connectivity index (χ4v) is 4.06. The summed E-state index contributed by atoms with van der Waals surface area (Å²) in [5.41, 5.74) is 4.47. The average molecular weight is 398 g/mol. The van der Waals surface area contributed by atoms with E-state index in [4.69, 9.17) is 14.2 Å². The highest BCUT2D eigenvalue weighted by atomic mass is 32.2. The Kier molecular flexibility index (Phi) is 6.22. The highest BCUT2D eigenvalue weighted by Gasteiger charge is 2.21. The standard InChI is InChI=1S/C21H22N2O4S/c1-12(2)27-21(24)15-6-16-9-25-11-26-19(16)17(7-15)10-28-20-18(8-22)13(3)5-14(4)23-20/h5-7,12H,9-11H2,1-4H3. The molecule has 146 valence electrons. The van der Waals surface area contributed by atoms with E-state index in [1.54, 1.807) is 12.1 Å². The van der Waals surface area contributed by atoms with E-state index in [1.807, 2.05) is 33.8 Å². The molecule has 0 radical (unpaired) electrons. The number of nitriles is 1. The van der Waals surface area contributed by atoms with Crippen LogP contribution < -0.4 is 4.74 Å². The smallest absolute Gasteiger partial charge is 0.338 e. The number of fused-ring (bicyclic) bond motifs is 1. The van der Waals surface area contributed by atoms with E-state index in [1.165, 1.54) is 11.8 Å². The summed E-state index contributed by atoms with van der Waals surface area (Å²) in [6.45, 7) is 7.99. The van der Waals surface area contributed by atoms with Gasteiger partial charge in [0.25, 0.3) is 0 Å². The summed E-state index contributed by atoms with van der Waals surface area (Å²) in [4.78, 5) is 16.9. The van der Waals surface area contributed by atoms with E-state index in [0.29, 0.717) is 28.5 Å². The number of ether oxygens (including phenoxy) is 3. The fourth-order valence-electron chi connectivity index (χ4n) is 3.00. The van der Waals surface area contributed by atoms with Crippen LogP contribution in [0.1, 0.15) is 52.2 Å². The van der Waals surface area contributed by atoms with Crippen LogP contribution in [0.4, 0.5) is 0 Å². The summed E-state index contributed by atoms with van der Waals surface area (Å²) in [6, 6.07) is 7.67. The van der Waals surface area contributed by atoms with Crippen molar-refractivity contribution in [1.29, 1.82) is 5.26 Å². The molecule has 0 N–H and O–H groups in total. The molecule has 0 fully saturated rings. The fraction of sp³-hybridized carbons (Fsp3) is 0.381. The number of aryl methyl sites for hydroxylation is 2. The normalized spacial score (nSPS) is 12.9. The van der Waals surface area contributed by atoms with E-state index in [9.17, 15) is 10.1 Å². The molecule has 0 spiro atoms. The van der Waals surface area contributed by atoms with E-state index in [-0.39, 0.29) is 18.9 Å². The zero-order valence-corrected chi connectivity index (χ0v) is 17.2. The predicted octanol–water partition coefficient (Wildman–Crippen LogP) is 4.29. The molecule has 0 unspecified atom stereocenters. The molecule has 2 aromatic rings. The summed E-state index contributed by atoms with van der Waals surface area (Å²) < 4.78 is 16.4. The molecule has 0 aliphatic carbocycles. The maximum absolute atomic E-state index is 12.4. The molecule has 0 bridgehead atoms. The maximum atomic E-state index is 12.4. The number of hydrogen-bond acceptors (Lipinski definition) is 7. The molecule has 3 rings (SSSR count). The molecule has 1 aliphatic rings. The molecule has 1 aliphatic heterocycles. The average Bonchev–Trinajstić information content (AvgIpc) is 2.65. The molecule has 7 heteroatoms. The van der Waals surface area contributed by atoms with Gasteiger partial charge in [0.2, 0.25) is 0 Å². The number of hydrogen-bond donors (Lipinski definition) is 0. The minimum atomic E-state index is -0.378. The van der Waals surface area contributed by atoms with Crippen LogP contribution in [0.2, 0.25) is 0 Å². The van der Waals surface area contributed by atoms with Gasteiger partial charge in [-0.3, -0.25) is 0 Å². The number of carbonyl (C=O) groups excluding carboxylic acids is 1. The number of nitrogens with zero attached hydrogens (tertiary/aromatic N) is 2. The van der Waals surface area contributed by atoms with Gasteiger partial charge in [0.15, 0.2) is 6.79 Å². The summed E-state index contributed by atoms with van der Waals surface area (Å²) in [5, 5.41) is 10.2. The number of carbonyl (C=O) groups is 1. The van der Waals surface area contributed by atoms with Gasteiger partial charge in [-0.15, -0.1) is 11.8 Å². The lowest BCUT2D eigenvalue weighted by Gasteiger charge is -2.22. The molecule has 0 amide bonds. The Morgan fingerprint density at radius 2 is 2.14 bits per heavy atom. The minimum absolute atomic E-state index is 0.172. The van der Waals surface area contributed by atoms with Crippen LogP contribution >= 0.6 is 11.8 Å². The molecule has 1 aromatic heterocycles. The van der Waals surface area contributed by atoms with Gasteiger partial charge in [-0.2, -0.15) is 5.26 Å². The van der Waals surface area contributed by atoms with Crippen LogP contribution in [0.5, 0.6) is 5.75 Å². The van der Waals surface area contributed by atoms with Crippen molar-refractivity contribution in [3.05, 3.63) is 51.7 Å². The second-order valence-corrected chi connectivity index (χ2v) is 7.81. The Bertz CT molecular complexity index is 950. The number of aromatic nitrogens is 1.